The maximum absolute atomic E-state index is 5.14. The van der Waals surface area contributed by atoms with Crippen molar-refractivity contribution in [3.63, 3.8) is 0 Å². The highest BCUT2D eigenvalue weighted by Gasteiger charge is 2.12. The van der Waals surface area contributed by atoms with Crippen LogP contribution in [0.3, 0.4) is 0 Å². The zero-order chi connectivity index (χ0) is 13.7. The van der Waals surface area contributed by atoms with E-state index in [4.69, 9.17) is 4.74 Å². The molecular formula is C14H21N3OS. The molecule has 2 heterocycles. The first kappa shape index (κ1) is 14.1. The van der Waals surface area contributed by atoms with Gasteiger partial charge in [0.05, 0.1) is 6.61 Å². The molecule has 0 aromatic carbocycles. The number of nitrogens with one attached hydrogen (secondary N) is 1. The highest BCUT2D eigenvalue weighted by atomic mass is 32.1. The minimum Gasteiger partial charge on any atom is -0.383 e. The third-order valence-electron chi connectivity index (χ3n) is 3.01. The summed E-state index contributed by atoms with van der Waals surface area (Å²) in [5, 5.41) is 5.50. The van der Waals surface area contributed by atoms with Gasteiger partial charge in [0.2, 0.25) is 5.95 Å². The lowest BCUT2D eigenvalue weighted by Crippen LogP contribution is -2.24. The highest BCUT2D eigenvalue weighted by Crippen LogP contribution is 2.21. The second-order valence-electron chi connectivity index (χ2n) is 4.79. The van der Waals surface area contributed by atoms with Crippen molar-refractivity contribution < 1.29 is 4.74 Å². The molecule has 0 aliphatic carbocycles. The fraction of sp³-hybridized carbons (Fsp3) is 0.500. The minimum absolute atomic E-state index is 0.250. The molecule has 2 aromatic heterocycles. The van der Waals surface area contributed by atoms with Crippen molar-refractivity contribution in [2.45, 2.75) is 32.4 Å². The number of nitrogens with zero attached hydrogens (tertiary/aromatic N) is 2. The van der Waals surface area contributed by atoms with E-state index in [-0.39, 0.29) is 6.04 Å². The lowest BCUT2D eigenvalue weighted by atomic mass is 10.2. The summed E-state index contributed by atoms with van der Waals surface area (Å²) < 4.78 is 7.33. The maximum Gasteiger partial charge on any atom is 0.203 e. The standard InChI is InChI=1S/C14H21N3OS/c1-11(10-18-3)16-14-15-6-7-17(14)12(2)9-13-5-4-8-19-13/h4-8,11-12H,9-10H2,1-3H3,(H,15,16). The van der Waals surface area contributed by atoms with Crippen LogP contribution in [0, 0.1) is 0 Å². The summed E-state index contributed by atoms with van der Waals surface area (Å²) in [5.74, 6) is 0.911. The molecule has 2 unspecified atom stereocenters. The summed E-state index contributed by atoms with van der Waals surface area (Å²) in [5.41, 5.74) is 0. The van der Waals surface area contributed by atoms with Crippen LogP contribution in [-0.2, 0) is 11.2 Å². The minimum atomic E-state index is 0.250. The van der Waals surface area contributed by atoms with E-state index in [1.807, 2.05) is 12.4 Å². The van der Waals surface area contributed by atoms with Gasteiger partial charge >= 0.3 is 0 Å². The van der Waals surface area contributed by atoms with E-state index >= 15 is 0 Å². The van der Waals surface area contributed by atoms with Crippen LogP contribution in [0.25, 0.3) is 0 Å². The summed E-state index contributed by atoms with van der Waals surface area (Å²) in [6, 6.07) is 4.91. The molecule has 104 valence electrons. The largest absolute Gasteiger partial charge is 0.383 e. The van der Waals surface area contributed by atoms with Crippen molar-refractivity contribution in [1.82, 2.24) is 9.55 Å². The maximum atomic E-state index is 5.14. The summed E-state index contributed by atoms with van der Waals surface area (Å²) in [4.78, 5) is 5.79. The van der Waals surface area contributed by atoms with Gasteiger partial charge in [0.15, 0.2) is 0 Å². The van der Waals surface area contributed by atoms with E-state index in [0.717, 1.165) is 12.4 Å². The number of thiophene rings is 1. The molecule has 0 radical (unpaired) electrons. The van der Waals surface area contributed by atoms with E-state index in [1.165, 1.54) is 4.88 Å². The number of anilines is 1. The summed E-state index contributed by atoms with van der Waals surface area (Å²) in [7, 11) is 1.71. The van der Waals surface area contributed by atoms with Crippen molar-refractivity contribution >= 4 is 17.3 Å². The Balaban J connectivity index is 2.01. The quantitative estimate of drug-likeness (QED) is 0.846. The van der Waals surface area contributed by atoms with Gasteiger partial charge in [-0.25, -0.2) is 4.98 Å². The van der Waals surface area contributed by atoms with Crippen molar-refractivity contribution in [3.8, 4) is 0 Å². The normalized spacial score (nSPS) is 14.3. The van der Waals surface area contributed by atoms with Crippen LogP contribution >= 0.6 is 11.3 Å². The lowest BCUT2D eigenvalue weighted by molar-refractivity contribution is 0.190. The van der Waals surface area contributed by atoms with Crippen LogP contribution in [0.2, 0.25) is 0 Å². The van der Waals surface area contributed by atoms with Gasteiger partial charge in [-0.15, -0.1) is 11.3 Å². The molecule has 0 saturated carbocycles. The highest BCUT2D eigenvalue weighted by molar-refractivity contribution is 7.09. The van der Waals surface area contributed by atoms with Gasteiger partial charge in [0.25, 0.3) is 0 Å². The Kier molecular flexibility index (Phi) is 4.99. The summed E-state index contributed by atoms with van der Waals surface area (Å²) >= 11 is 1.80. The number of hydrogen-bond acceptors (Lipinski definition) is 4. The first-order valence-electron chi connectivity index (χ1n) is 6.51. The third kappa shape index (κ3) is 3.81. The topological polar surface area (TPSA) is 39.1 Å². The van der Waals surface area contributed by atoms with Crippen molar-refractivity contribution in [3.05, 3.63) is 34.8 Å². The number of methoxy groups -OCH3 is 1. The molecule has 0 saturated heterocycles. The van der Waals surface area contributed by atoms with Crippen LogP contribution in [-0.4, -0.2) is 29.3 Å². The number of rotatable bonds is 7. The molecule has 1 N–H and O–H groups in total. The number of imidazole rings is 1. The SMILES string of the molecule is COCC(C)Nc1nccn1C(C)Cc1cccs1. The van der Waals surface area contributed by atoms with Crippen LogP contribution < -0.4 is 5.32 Å². The Hall–Kier alpha value is -1.33. The first-order valence-corrected chi connectivity index (χ1v) is 7.39. The van der Waals surface area contributed by atoms with Crippen molar-refractivity contribution in [1.29, 1.82) is 0 Å². The van der Waals surface area contributed by atoms with E-state index in [9.17, 15) is 0 Å². The molecule has 2 atom stereocenters. The molecule has 0 amide bonds. The van der Waals surface area contributed by atoms with Crippen molar-refractivity contribution in [2.24, 2.45) is 0 Å². The molecule has 5 heteroatoms. The Labute approximate surface area is 118 Å². The molecule has 19 heavy (non-hydrogen) atoms. The number of ether oxygens (including phenoxy) is 1. The zero-order valence-corrected chi connectivity index (χ0v) is 12.5. The van der Waals surface area contributed by atoms with Crippen LogP contribution in [0.15, 0.2) is 29.9 Å². The Bertz CT molecular complexity index is 481. The molecule has 0 fully saturated rings. The molecule has 0 aliphatic heterocycles. The second-order valence-corrected chi connectivity index (χ2v) is 5.82. The fourth-order valence-electron chi connectivity index (χ4n) is 2.11. The van der Waals surface area contributed by atoms with Gasteiger partial charge in [-0.1, -0.05) is 6.07 Å². The summed E-state index contributed by atoms with van der Waals surface area (Å²) in [6.07, 6.45) is 4.90. The predicted octanol–water partition coefficient (Wildman–Crippen LogP) is 3.20. The lowest BCUT2D eigenvalue weighted by Gasteiger charge is -2.19. The van der Waals surface area contributed by atoms with Gasteiger partial charge in [-0.2, -0.15) is 0 Å². The smallest absolute Gasteiger partial charge is 0.203 e. The number of hydrogen-bond donors (Lipinski definition) is 1. The van der Waals surface area contributed by atoms with E-state index in [1.54, 1.807) is 18.4 Å². The first-order chi connectivity index (χ1) is 9.20. The van der Waals surface area contributed by atoms with E-state index in [0.29, 0.717) is 12.6 Å². The molecule has 0 spiro atoms. The van der Waals surface area contributed by atoms with Gasteiger partial charge in [-0.3, -0.25) is 0 Å². The van der Waals surface area contributed by atoms with Crippen molar-refractivity contribution in [2.75, 3.05) is 19.0 Å². The third-order valence-corrected chi connectivity index (χ3v) is 3.91. The monoisotopic (exact) mass is 279 g/mol. The van der Waals surface area contributed by atoms with Gasteiger partial charge < -0.3 is 14.6 Å². The Morgan fingerprint density at radius 2 is 2.32 bits per heavy atom. The Morgan fingerprint density at radius 1 is 1.47 bits per heavy atom. The van der Waals surface area contributed by atoms with E-state index < -0.39 is 0 Å². The molecule has 2 rings (SSSR count). The van der Waals surface area contributed by atoms with E-state index in [2.05, 4.69) is 46.2 Å². The predicted molar refractivity (Wildman–Crippen MR) is 79.9 cm³/mol. The van der Waals surface area contributed by atoms with Gasteiger partial charge in [-0.05, 0) is 25.3 Å². The summed E-state index contributed by atoms with van der Waals surface area (Å²) in [6.45, 7) is 4.98. The fourth-order valence-corrected chi connectivity index (χ4v) is 2.94. The molecule has 2 aromatic rings. The Morgan fingerprint density at radius 3 is 3.00 bits per heavy atom. The average Bonchev–Trinajstić information content (AvgIpc) is 3.00. The van der Waals surface area contributed by atoms with Crippen LogP contribution in [0.5, 0.6) is 0 Å². The van der Waals surface area contributed by atoms with Crippen LogP contribution in [0.4, 0.5) is 5.95 Å². The average molecular weight is 279 g/mol. The second kappa shape index (κ2) is 6.73. The van der Waals surface area contributed by atoms with Gasteiger partial charge in [0.1, 0.15) is 0 Å². The zero-order valence-electron chi connectivity index (χ0n) is 11.7. The van der Waals surface area contributed by atoms with Gasteiger partial charge in [0, 0.05) is 42.9 Å². The molecular weight excluding hydrogens is 258 g/mol. The molecule has 0 bridgehead atoms. The van der Waals surface area contributed by atoms with Crippen LogP contribution in [0.1, 0.15) is 24.8 Å². The molecule has 4 nitrogen and oxygen atoms in total. The number of aromatic nitrogens is 2. The molecule has 0 aliphatic rings.